The average molecular weight is 342 g/mol. The summed E-state index contributed by atoms with van der Waals surface area (Å²) in [5.74, 6) is -0.204. The number of rotatable bonds is 3. The molecule has 21 heavy (non-hydrogen) atoms. The quantitative estimate of drug-likeness (QED) is 0.743. The predicted octanol–water partition coefficient (Wildman–Crippen LogP) is 3.32. The Bertz CT molecular complexity index is 799. The highest BCUT2D eigenvalue weighted by molar-refractivity contribution is 9.10. The zero-order chi connectivity index (χ0) is 14.7. The molecule has 2 aromatic heterocycles. The number of hydrogen-bond acceptors (Lipinski definition) is 3. The van der Waals surface area contributed by atoms with E-state index in [1.54, 1.807) is 24.4 Å². The fraction of sp³-hybridized carbons (Fsp3) is 0.0625. The Morgan fingerprint density at radius 1 is 1.10 bits per heavy atom. The van der Waals surface area contributed by atoms with Crippen LogP contribution in [0.15, 0.2) is 59.3 Å². The summed E-state index contributed by atoms with van der Waals surface area (Å²) in [6.07, 6.45) is 1.75. The molecule has 0 saturated carbocycles. The zero-order valence-corrected chi connectivity index (χ0v) is 12.7. The third kappa shape index (κ3) is 3.08. The van der Waals surface area contributed by atoms with Crippen LogP contribution in [0.25, 0.3) is 10.9 Å². The Morgan fingerprint density at radius 2 is 1.90 bits per heavy atom. The first kappa shape index (κ1) is 13.7. The monoisotopic (exact) mass is 341 g/mol. The Morgan fingerprint density at radius 3 is 2.76 bits per heavy atom. The first-order chi connectivity index (χ1) is 10.2. The summed E-state index contributed by atoms with van der Waals surface area (Å²) in [6.45, 7) is 0.418. The van der Waals surface area contributed by atoms with Gasteiger partial charge in [0.15, 0.2) is 0 Å². The van der Waals surface area contributed by atoms with Crippen molar-refractivity contribution in [2.75, 3.05) is 0 Å². The van der Waals surface area contributed by atoms with E-state index in [2.05, 4.69) is 31.2 Å². The molecule has 0 bridgehead atoms. The standard InChI is InChI=1S/C16H12BrN3O/c17-14-8-2-7-13(20-14)16(21)19-10-12-5-1-4-11-6-3-9-18-15(11)12/h1-9H,10H2,(H,19,21). The fourth-order valence-corrected chi connectivity index (χ4v) is 2.45. The Hall–Kier alpha value is -2.27. The molecule has 0 atom stereocenters. The van der Waals surface area contributed by atoms with Crippen molar-refractivity contribution in [3.63, 3.8) is 0 Å². The minimum atomic E-state index is -0.204. The number of pyridine rings is 2. The maximum absolute atomic E-state index is 12.1. The number of halogens is 1. The normalized spacial score (nSPS) is 10.5. The molecule has 5 heteroatoms. The molecule has 0 aliphatic heterocycles. The zero-order valence-electron chi connectivity index (χ0n) is 11.1. The van der Waals surface area contributed by atoms with E-state index in [0.29, 0.717) is 16.8 Å². The van der Waals surface area contributed by atoms with Gasteiger partial charge in [-0.2, -0.15) is 0 Å². The first-order valence-electron chi connectivity index (χ1n) is 6.47. The Kier molecular flexibility index (Phi) is 3.92. The SMILES string of the molecule is O=C(NCc1cccc2cccnc12)c1cccc(Br)n1. The Balaban J connectivity index is 1.79. The van der Waals surface area contributed by atoms with Crippen molar-refractivity contribution in [3.05, 3.63) is 70.6 Å². The summed E-state index contributed by atoms with van der Waals surface area (Å²) in [5.41, 5.74) is 2.27. The molecule has 0 saturated heterocycles. The van der Waals surface area contributed by atoms with Crippen LogP contribution in [0.1, 0.15) is 16.1 Å². The molecule has 0 aliphatic rings. The molecule has 0 unspecified atom stereocenters. The molecule has 4 nitrogen and oxygen atoms in total. The second-order valence-electron chi connectivity index (χ2n) is 4.52. The molecular formula is C16H12BrN3O. The van der Waals surface area contributed by atoms with E-state index in [9.17, 15) is 4.79 Å². The molecule has 3 aromatic rings. The number of fused-ring (bicyclic) bond motifs is 1. The molecule has 2 heterocycles. The van der Waals surface area contributed by atoms with Crippen LogP contribution >= 0.6 is 15.9 Å². The van der Waals surface area contributed by atoms with E-state index in [-0.39, 0.29) is 5.91 Å². The van der Waals surface area contributed by atoms with Gasteiger partial charge in [0.1, 0.15) is 10.3 Å². The van der Waals surface area contributed by atoms with Gasteiger partial charge in [-0.05, 0) is 39.7 Å². The molecule has 0 spiro atoms. The van der Waals surface area contributed by atoms with Crippen molar-refractivity contribution in [1.82, 2.24) is 15.3 Å². The smallest absolute Gasteiger partial charge is 0.270 e. The minimum Gasteiger partial charge on any atom is -0.347 e. The van der Waals surface area contributed by atoms with Crippen LogP contribution in [0.5, 0.6) is 0 Å². The summed E-state index contributed by atoms with van der Waals surface area (Å²) in [5, 5.41) is 3.93. The second kappa shape index (κ2) is 6.01. The van der Waals surface area contributed by atoms with E-state index >= 15 is 0 Å². The minimum absolute atomic E-state index is 0.204. The summed E-state index contributed by atoms with van der Waals surface area (Å²) in [4.78, 5) is 20.6. The van der Waals surface area contributed by atoms with Gasteiger partial charge in [0.25, 0.3) is 5.91 Å². The number of carbonyl (C=O) groups is 1. The van der Waals surface area contributed by atoms with Crippen LogP contribution in [0.3, 0.4) is 0 Å². The van der Waals surface area contributed by atoms with Crippen LogP contribution in [-0.2, 0) is 6.54 Å². The first-order valence-corrected chi connectivity index (χ1v) is 7.27. The highest BCUT2D eigenvalue weighted by Crippen LogP contribution is 2.15. The summed E-state index contributed by atoms with van der Waals surface area (Å²) >= 11 is 3.26. The lowest BCUT2D eigenvalue weighted by molar-refractivity contribution is 0.0946. The summed E-state index contributed by atoms with van der Waals surface area (Å²) in [7, 11) is 0. The van der Waals surface area contributed by atoms with Crippen LogP contribution in [0, 0.1) is 0 Å². The molecule has 3 rings (SSSR count). The third-order valence-electron chi connectivity index (χ3n) is 3.10. The van der Waals surface area contributed by atoms with Gasteiger partial charge < -0.3 is 5.32 Å². The fourth-order valence-electron chi connectivity index (χ4n) is 2.11. The van der Waals surface area contributed by atoms with Gasteiger partial charge in [-0.3, -0.25) is 9.78 Å². The Labute approximate surface area is 130 Å². The number of carbonyl (C=O) groups excluding carboxylic acids is 1. The third-order valence-corrected chi connectivity index (χ3v) is 3.55. The number of hydrogen-bond donors (Lipinski definition) is 1. The number of para-hydroxylation sites is 1. The predicted molar refractivity (Wildman–Crippen MR) is 84.9 cm³/mol. The van der Waals surface area contributed by atoms with E-state index in [4.69, 9.17) is 0 Å². The van der Waals surface area contributed by atoms with Crippen LogP contribution in [0.2, 0.25) is 0 Å². The van der Waals surface area contributed by atoms with Gasteiger partial charge in [0.05, 0.1) is 5.52 Å². The lowest BCUT2D eigenvalue weighted by Crippen LogP contribution is -2.24. The lowest BCUT2D eigenvalue weighted by atomic mass is 10.1. The highest BCUT2D eigenvalue weighted by Gasteiger charge is 2.08. The number of benzene rings is 1. The maximum Gasteiger partial charge on any atom is 0.270 e. The molecule has 1 aromatic carbocycles. The molecular weight excluding hydrogens is 330 g/mol. The van der Waals surface area contributed by atoms with Crippen molar-refractivity contribution < 1.29 is 4.79 Å². The van der Waals surface area contributed by atoms with E-state index in [1.165, 1.54) is 0 Å². The van der Waals surface area contributed by atoms with Gasteiger partial charge in [0, 0.05) is 18.1 Å². The summed E-state index contributed by atoms with van der Waals surface area (Å²) < 4.78 is 0.641. The maximum atomic E-state index is 12.1. The number of amides is 1. The van der Waals surface area contributed by atoms with Gasteiger partial charge in [-0.15, -0.1) is 0 Å². The molecule has 0 fully saturated rings. The molecule has 1 amide bonds. The van der Waals surface area contributed by atoms with Crippen molar-refractivity contribution in [1.29, 1.82) is 0 Å². The number of aromatic nitrogens is 2. The number of nitrogens with one attached hydrogen (secondary N) is 1. The molecule has 104 valence electrons. The highest BCUT2D eigenvalue weighted by atomic mass is 79.9. The van der Waals surface area contributed by atoms with Crippen LogP contribution in [-0.4, -0.2) is 15.9 Å². The van der Waals surface area contributed by atoms with E-state index < -0.39 is 0 Å². The van der Waals surface area contributed by atoms with Gasteiger partial charge in [0.2, 0.25) is 0 Å². The number of nitrogens with zero attached hydrogens (tertiary/aromatic N) is 2. The van der Waals surface area contributed by atoms with Crippen molar-refractivity contribution >= 4 is 32.7 Å². The van der Waals surface area contributed by atoms with Gasteiger partial charge in [-0.1, -0.05) is 30.3 Å². The second-order valence-corrected chi connectivity index (χ2v) is 5.33. The molecule has 1 N–H and O–H groups in total. The lowest BCUT2D eigenvalue weighted by Gasteiger charge is -2.07. The van der Waals surface area contributed by atoms with Crippen LogP contribution < -0.4 is 5.32 Å². The van der Waals surface area contributed by atoms with E-state index in [1.807, 2.05) is 30.3 Å². The topological polar surface area (TPSA) is 54.9 Å². The molecule has 0 aliphatic carbocycles. The van der Waals surface area contributed by atoms with Crippen LogP contribution in [0.4, 0.5) is 0 Å². The van der Waals surface area contributed by atoms with Crippen molar-refractivity contribution in [2.24, 2.45) is 0 Å². The largest absolute Gasteiger partial charge is 0.347 e. The summed E-state index contributed by atoms with van der Waals surface area (Å²) in [6, 6.07) is 15.1. The van der Waals surface area contributed by atoms with E-state index in [0.717, 1.165) is 16.5 Å². The molecule has 0 radical (unpaired) electrons. The van der Waals surface area contributed by atoms with Crippen molar-refractivity contribution in [3.8, 4) is 0 Å². The van der Waals surface area contributed by atoms with Gasteiger partial charge in [-0.25, -0.2) is 4.98 Å². The van der Waals surface area contributed by atoms with Gasteiger partial charge >= 0.3 is 0 Å². The average Bonchev–Trinajstić information content (AvgIpc) is 2.52. The van der Waals surface area contributed by atoms with Crippen molar-refractivity contribution in [2.45, 2.75) is 6.54 Å².